The van der Waals surface area contributed by atoms with Crippen LogP contribution in [0.3, 0.4) is 0 Å². The Hall–Kier alpha value is -1.95. The van der Waals surface area contributed by atoms with Gasteiger partial charge in [0.25, 0.3) is 0 Å². The zero-order valence-electron chi connectivity index (χ0n) is 12.9. The normalized spacial score (nSPS) is 15.5. The highest BCUT2D eigenvalue weighted by Crippen LogP contribution is 2.27. The van der Waals surface area contributed by atoms with Gasteiger partial charge in [0.1, 0.15) is 0 Å². The van der Waals surface area contributed by atoms with Gasteiger partial charge in [-0.2, -0.15) is 0 Å². The van der Waals surface area contributed by atoms with Crippen LogP contribution < -0.4 is 5.32 Å². The zero-order valence-corrected chi connectivity index (χ0v) is 13.7. The third-order valence-electron chi connectivity index (χ3n) is 4.20. The molecule has 6 nitrogen and oxygen atoms in total. The molecule has 122 valence electrons. The van der Waals surface area contributed by atoms with Crippen LogP contribution in [0.4, 0.5) is 0 Å². The molecule has 1 amide bonds. The van der Waals surface area contributed by atoms with Crippen molar-refractivity contribution in [3.05, 3.63) is 40.7 Å². The van der Waals surface area contributed by atoms with Crippen LogP contribution in [0.25, 0.3) is 0 Å². The van der Waals surface area contributed by atoms with Crippen molar-refractivity contribution in [1.29, 1.82) is 0 Å². The Balaban J connectivity index is 1.55. The lowest BCUT2D eigenvalue weighted by atomic mass is 9.95. The van der Waals surface area contributed by atoms with Gasteiger partial charge < -0.3 is 5.32 Å². The summed E-state index contributed by atoms with van der Waals surface area (Å²) in [6, 6.07) is 7.64. The topological polar surface area (TPSA) is 72.7 Å². The highest BCUT2D eigenvalue weighted by atomic mass is 35.5. The third kappa shape index (κ3) is 4.28. The Kier molecular flexibility index (Phi) is 5.23. The molecule has 0 spiro atoms. The van der Waals surface area contributed by atoms with Crippen molar-refractivity contribution < 1.29 is 4.79 Å². The number of rotatable bonds is 5. The molecule has 1 aromatic carbocycles. The van der Waals surface area contributed by atoms with Crippen LogP contribution >= 0.6 is 11.6 Å². The fraction of sp³-hybridized carbons (Fsp3) is 0.500. The van der Waals surface area contributed by atoms with E-state index >= 15 is 0 Å². The molecule has 23 heavy (non-hydrogen) atoms. The minimum absolute atomic E-state index is 0.0504. The number of carbonyl (C=O) groups is 1. The molecule has 1 heterocycles. The van der Waals surface area contributed by atoms with Crippen molar-refractivity contribution in [2.45, 2.75) is 51.1 Å². The van der Waals surface area contributed by atoms with E-state index in [1.165, 1.54) is 19.3 Å². The molecule has 0 bridgehead atoms. The smallest absolute Gasteiger partial charge is 0.224 e. The van der Waals surface area contributed by atoms with Crippen molar-refractivity contribution in [3.63, 3.8) is 0 Å². The Bertz CT molecular complexity index is 649. The lowest BCUT2D eigenvalue weighted by Crippen LogP contribution is -2.27. The molecule has 1 aromatic heterocycles. The number of halogens is 1. The van der Waals surface area contributed by atoms with Gasteiger partial charge in [0.05, 0.1) is 19.0 Å². The monoisotopic (exact) mass is 333 g/mol. The second-order valence-corrected chi connectivity index (χ2v) is 6.35. The van der Waals surface area contributed by atoms with Crippen LogP contribution in [0.1, 0.15) is 49.5 Å². The van der Waals surface area contributed by atoms with Crippen molar-refractivity contribution in [1.82, 2.24) is 25.5 Å². The van der Waals surface area contributed by atoms with Gasteiger partial charge >= 0.3 is 0 Å². The number of carbonyl (C=O) groups excluding carboxylic acids is 1. The molecule has 1 aliphatic carbocycles. The molecular formula is C16H20ClN5O. The summed E-state index contributed by atoms with van der Waals surface area (Å²) in [7, 11) is 0. The van der Waals surface area contributed by atoms with Crippen LogP contribution in [0, 0.1) is 0 Å². The maximum absolute atomic E-state index is 12.1. The van der Waals surface area contributed by atoms with Crippen molar-refractivity contribution in [3.8, 4) is 0 Å². The van der Waals surface area contributed by atoms with E-state index in [-0.39, 0.29) is 5.91 Å². The first-order chi connectivity index (χ1) is 11.2. The summed E-state index contributed by atoms with van der Waals surface area (Å²) in [6.07, 6.45) is 6.25. The number of benzene rings is 1. The summed E-state index contributed by atoms with van der Waals surface area (Å²) < 4.78 is 1.88. The lowest BCUT2D eigenvalue weighted by molar-refractivity contribution is -0.120. The SMILES string of the molecule is O=C(Cc1ccc(Cl)cc1)NCc1nnnn1C1CCCCC1. The predicted molar refractivity (Wildman–Crippen MR) is 86.9 cm³/mol. The van der Waals surface area contributed by atoms with Crippen LogP contribution in [0.15, 0.2) is 24.3 Å². The van der Waals surface area contributed by atoms with E-state index in [0.29, 0.717) is 24.0 Å². The van der Waals surface area contributed by atoms with E-state index in [1.807, 2.05) is 16.8 Å². The second-order valence-electron chi connectivity index (χ2n) is 5.91. The number of hydrogen-bond donors (Lipinski definition) is 1. The first-order valence-electron chi connectivity index (χ1n) is 8.00. The highest BCUT2D eigenvalue weighted by Gasteiger charge is 2.20. The number of aromatic nitrogens is 4. The molecule has 7 heteroatoms. The number of tetrazole rings is 1. The quantitative estimate of drug-likeness (QED) is 0.913. The largest absolute Gasteiger partial charge is 0.348 e. The van der Waals surface area contributed by atoms with Crippen LogP contribution in [-0.4, -0.2) is 26.1 Å². The molecule has 1 aliphatic rings. The maximum atomic E-state index is 12.1. The van der Waals surface area contributed by atoms with Gasteiger partial charge in [0.2, 0.25) is 5.91 Å². The Labute approximate surface area is 140 Å². The average Bonchev–Trinajstić information content (AvgIpc) is 3.04. The van der Waals surface area contributed by atoms with Gasteiger partial charge in [-0.25, -0.2) is 4.68 Å². The standard InChI is InChI=1S/C16H20ClN5O/c17-13-8-6-12(7-9-13)10-16(23)18-11-15-19-20-21-22(15)14-4-2-1-3-5-14/h6-9,14H,1-5,10-11H2,(H,18,23). The Morgan fingerprint density at radius 3 is 2.70 bits per heavy atom. The number of nitrogens with one attached hydrogen (secondary N) is 1. The minimum Gasteiger partial charge on any atom is -0.348 e. The first-order valence-corrected chi connectivity index (χ1v) is 8.38. The number of nitrogens with zero attached hydrogens (tertiary/aromatic N) is 4. The second kappa shape index (κ2) is 7.55. The highest BCUT2D eigenvalue weighted by molar-refractivity contribution is 6.30. The summed E-state index contributed by atoms with van der Waals surface area (Å²) >= 11 is 5.84. The summed E-state index contributed by atoms with van der Waals surface area (Å²) in [5.41, 5.74) is 0.929. The van der Waals surface area contributed by atoms with Crippen molar-refractivity contribution in [2.24, 2.45) is 0 Å². The van der Waals surface area contributed by atoms with Gasteiger partial charge in [0.15, 0.2) is 5.82 Å². The molecule has 0 atom stereocenters. The molecule has 0 radical (unpaired) electrons. The molecular weight excluding hydrogens is 314 g/mol. The van der Waals surface area contributed by atoms with Crippen molar-refractivity contribution >= 4 is 17.5 Å². The molecule has 0 unspecified atom stereocenters. The molecule has 1 saturated carbocycles. The first kappa shape index (κ1) is 15.9. The van der Waals surface area contributed by atoms with Crippen LogP contribution in [0.5, 0.6) is 0 Å². The van der Waals surface area contributed by atoms with E-state index in [9.17, 15) is 4.79 Å². The van der Waals surface area contributed by atoms with E-state index in [1.54, 1.807) is 12.1 Å². The summed E-state index contributed by atoms with van der Waals surface area (Å²) in [4.78, 5) is 12.1. The fourth-order valence-corrected chi connectivity index (χ4v) is 3.09. The number of amides is 1. The average molecular weight is 334 g/mol. The van der Waals surface area contributed by atoms with Gasteiger partial charge in [-0.3, -0.25) is 4.79 Å². The van der Waals surface area contributed by atoms with E-state index in [0.717, 1.165) is 24.2 Å². The zero-order chi connectivity index (χ0) is 16.1. The molecule has 1 fully saturated rings. The van der Waals surface area contributed by atoms with Crippen molar-refractivity contribution in [2.75, 3.05) is 0 Å². The maximum Gasteiger partial charge on any atom is 0.224 e. The summed E-state index contributed by atoms with van der Waals surface area (Å²) in [6.45, 7) is 0.357. The Morgan fingerprint density at radius 1 is 1.22 bits per heavy atom. The molecule has 1 N–H and O–H groups in total. The fourth-order valence-electron chi connectivity index (χ4n) is 2.97. The molecule has 0 saturated heterocycles. The van der Waals surface area contributed by atoms with Gasteiger partial charge in [0, 0.05) is 5.02 Å². The van der Waals surface area contributed by atoms with E-state index < -0.39 is 0 Å². The minimum atomic E-state index is -0.0504. The van der Waals surface area contributed by atoms with Crippen LogP contribution in [0.2, 0.25) is 5.02 Å². The molecule has 2 aromatic rings. The third-order valence-corrected chi connectivity index (χ3v) is 4.46. The Morgan fingerprint density at radius 2 is 1.96 bits per heavy atom. The number of hydrogen-bond acceptors (Lipinski definition) is 4. The molecule has 0 aliphatic heterocycles. The van der Waals surface area contributed by atoms with Gasteiger partial charge in [-0.1, -0.05) is 43.0 Å². The van der Waals surface area contributed by atoms with E-state index in [2.05, 4.69) is 20.8 Å². The summed E-state index contributed by atoms with van der Waals surface area (Å²) in [5.74, 6) is 0.673. The predicted octanol–water partition coefficient (Wildman–Crippen LogP) is 2.69. The van der Waals surface area contributed by atoms with Crippen LogP contribution in [-0.2, 0) is 17.8 Å². The van der Waals surface area contributed by atoms with E-state index in [4.69, 9.17) is 11.6 Å². The molecule has 3 rings (SSSR count). The van der Waals surface area contributed by atoms with Gasteiger partial charge in [-0.15, -0.1) is 5.10 Å². The van der Waals surface area contributed by atoms with Gasteiger partial charge in [-0.05, 0) is 41.0 Å². The lowest BCUT2D eigenvalue weighted by Gasteiger charge is -2.22. The summed E-state index contributed by atoms with van der Waals surface area (Å²) in [5, 5.41) is 15.5.